The molecule has 1 aliphatic rings. The smallest absolute Gasteiger partial charge is 0.0492 e. The molecule has 0 spiro atoms. The Morgan fingerprint density at radius 1 is 1.15 bits per heavy atom. The van der Waals surface area contributed by atoms with Gasteiger partial charge in [0.05, 0.1) is 0 Å². The third kappa shape index (κ3) is 3.26. The highest BCUT2D eigenvalue weighted by Crippen LogP contribution is 2.15. The average Bonchev–Trinajstić information content (AvgIpc) is 2.96. The lowest BCUT2D eigenvalue weighted by molar-refractivity contribution is 0.0723. The van der Waals surface area contributed by atoms with Crippen molar-refractivity contribution in [2.75, 3.05) is 19.6 Å². The summed E-state index contributed by atoms with van der Waals surface area (Å²) < 4.78 is 0. The minimum Gasteiger partial charge on any atom is -0.296 e. The van der Waals surface area contributed by atoms with Gasteiger partial charge < -0.3 is 0 Å². The molecule has 20 heavy (non-hydrogen) atoms. The van der Waals surface area contributed by atoms with E-state index in [1.165, 1.54) is 11.3 Å². The highest BCUT2D eigenvalue weighted by molar-refractivity contribution is 5.14. The van der Waals surface area contributed by atoms with Gasteiger partial charge in [-0.2, -0.15) is 5.10 Å². The third-order valence-electron chi connectivity index (χ3n) is 4.03. The van der Waals surface area contributed by atoms with Crippen LogP contribution in [0.15, 0.2) is 42.6 Å². The summed E-state index contributed by atoms with van der Waals surface area (Å²) in [5.41, 5.74) is 2.61. The summed E-state index contributed by atoms with van der Waals surface area (Å²) in [5.74, 6) is 0. The number of H-pyrrole nitrogens is 1. The summed E-state index contributed by atoms with van der Waals surface area (Å²) >= 11 is 0. The molecule has 1 unspecified atom stereocenters. The van der Waals surface area contributed by atoms with Crippen molar-refractivity contribution in [2.45, 2.75) is 26.1 Å². The average molecular weight is 270 g/mol. The molecule has 0 aliphatic carbocycles. The van der Waals surface area contributed by atoms with Gasteiger partial charge in [0.1, 0.15) is 0 Å². The van der Waals surface area contributed by atoms with Crippen molar-refractivity contribution >= 4 is 0 Å². The Balaban J connectivity index is 1.54. The minimum absolute atomic E-state index is 0.579. The molecule has 2 heterocycles. The number of nitrogens with zero attached hydrogens (tertiary/aromatic N) is 3. The lowest BCUT2D eigenvalue weighted by atomic mass is 10.1. The van der Waals surface area contributed by atoms with Crippen LogP contribution in [0.2, 0.25) is 0 Å². The maximum atomic E-state index is 4.02. The molecule has 1 aromatic carbocycles. The first-order valence-electron chi connectivity index (χ1n) is 7.30. The first kappa shape index (κ1) is 13.3. The number of aromatic nitrogens is 2. The Kier molecular flexibility index (Phi) is 4.14. The molecule has 1 N–H and O–H groups in total. The Bertz CT molecular complexity index is 509. The lowest BCUT2D eigenvalue weighted by Gasteiger charge is -2.39. The van der Waals surface area contributed by atoms with E-state index in [9.17, 15) is 0 Å². The molecule has 106 valence electrons. The molecule has 1 fully saturated rings. The van der Waals surface area contributed by atoms with Crippen molar-refractivity contribution in [3.05, 3.63) is 53.9 Å². The van der Waals surface area contributed by atoms with Crippen LogP contribution in [0.5, 0.6) is 0 Å². The third-order valence-corrected chi connectivity index (χ3v) is 4.03. The number of piperazine rings is 1. The van der Waals surface area contributed by atoms with Crippen LogP contribution in [0.25, 0.3) is 0 Å². The van der Waals surface area contributed by atoms with E-state index < -0.39 is 0 Å². The number of rotatable bonds is 4. The van der Waals surface area contributed by atoms with Gasteiger partial charge in [-0.15, -0.1) is 0 Å². The van der Waals surface area contributed by atoms with Gasteiger partial charge in [0, 0.05) is 50.7 Å². The van der Waals surface area contributed by atoms with Crippen molar-refractivity contribution < 1.29 is 0 Å². The second-order valence-electron chi connectivity index (χ2n) is 5.62. The fraction of sp³-hybridized carbons (Fsp3) is 0.438. The highest BCUT2D eigenvalue weighted by Gasteiger charge is 2.23. The van der Waals surface area contributed by atoms with E-state index in [-0.39, 0.29) is 0 Å². The van der Waals surface area contributed by atoms with Crippen LogP contribution in [0, 0.1) is 0 Å². The summed E-state index contributed by atoms with van der Waals surface area (Å²) in [6.07, 6.45) is 1.83. The Labute approximate surface area is 120 Å². The van der Waals surface area contributed by atoms with Crippen molar-refractivity contribution in [2.24, 2.45) is 0 Å². The zero-order valence-electron chi connectivity index (χ0n) is 12.0. The predicted molar refractivity (Wildman–Crippen MR) is 80.2 cm³/mol. The van der Waals surface area contributed by atoms with Crippen molar-refractivity contribution in [1.29, 1.82) is 0 Å². The molecule has 1 saturated heterocycles. The Morgan fingerprint density at radius 2 is 2.00 bits per heavy atom. The number of hydrogen-bond donors (Lipinski definition) is 1. The van der Waals surface area contributed by atoms with E-state index in [1.807, 2.05) is 6.20 Å². The quantitative estimate of drug-likeness (QED) is 0.924. The molecule has 1 aliphatic heterocycles. The monoisotopic (exact) mass is 270 g/mol. The fourth-order valence-electron chi connectivity index (χ4n) is 2.88. The van der Waals surface area contributed by atoms with Gasteiger partial charge in [0.25, 0.3) is 0 Å². The minimum atomic E-state index is 0.579. The van der Waals surface area contributed by atoms with Crippen LogP contribution >= 0.6 is 0 Å². The summed E-state index contributed by atoms with van der Waals surface area (Å²) in [5, 5.41) is 7.07. The van der Waals surface area contributed by atoms with E-state index in [0.717, 1.165) is 32.7 Å². The number of aromatic amines is 1. The molecule has 4 heteroatoms. The molecule has 2 aromatic rings. The highest BCUT2D eigenvalue weighted by atomic mass is 15.3. The zero-order valence-corrected chi connectivity index (χ0v) is 12.0. The van der Waals surface area contributed by atoms with Gasteiger partial charge in [-0.3, -0.25) is 14.9 Å². The Morgan fingerprint density at radius 3 is 2.70 bits per heavy atom. The number of benzene rings is 1. The van der Waals surface area contributed by atoms with Gasteiger partial charge in [-0.05, 0) is 18.6 Å². The summed E-state index contributed by atoms with van der Waals surface area (Å²) in [6.45, 7) is 7.72. The number of hydrogen-bond acceptors (Lipinski definition) is 3. The first-order valence-corrected chi connectivity index (χ1v) is 7.30. The van der Waals surface area contributed by atoms with Gasteiger partial charge in [-0.1, -0.05) is 30.3 Å². The molecule has 0 bridgehead atoms. The lowest BCUT2D eigenvalue weighted by Crippen LogP contribution is -2.50. The molecular weight excluding hydrogens is 248 g/mol. The van der Waals surface area contributed by atoms with Crippen molar-refractivity contribution in [1.82, 2.24) is 20.0 Å². The van der Waals surface area contributed by atoms with E-state index in [4.69, 9.17) is 0 Å². The molecule has 1 aromatic heterocycles. The standard InChI is InChI=1S/C16H22N4/c1-14-11-19(12-15-5-3-2-4-6-15)9-10-20(14)13-16-7-8-17-18-16/h2-8,14H,9-13H2,1H3,(H,17,18). The fourth-order valence-corrected chi connectivity index (χ4v) is 2.88. The normalized spacial score (nSPS) is 21.1. The second kappa shape index (κ2) is 6.20. The van der Waals surface area contributed by atoms with E-state index in [0.29, 0.717) is 6.04 Å². The second-order valence-corrected chi connectivity index (χ2v) is 5.62. The van der Waals surface area contributed by atoms with Crippen LogP contribution in [0.4, 0.5) is 0 Å². The van der Waals surface area contributed by atoms with E-state index in [1.54, 1.807) is 0 Å². The van der Waals surface area contributed by atoms with Gasteiger partial charge in [-0.25, -0.2) is 0 Å². The zero-order chi connectivity index (χ0) is 13.8. The largest absolute Gasteiger partial charge is 0.296 e. The van der Waals surface area contributed by atoms with Crippen molar-refractivity contribution in [3.63, 3.8) is 0 Å². The van der Waals surface area contributed by atoms with Gasteiger partial charge in [0.2, 0.25) is 0 Å². The summed E-state index contributed by atoms with van der Waals surface area (Å²) in [7, 11) is 0. The van der Waals surface area contributed by atoms with Gasteiger partial charge in [0.15, 0.2) is 0 Å². The van der Waals surface area contributed by atoms with E-state index in [2.05, 4.69) is 63.3 Å². The summed E-state index contributed by atoms with van der Waals surface area (Å²) in [4.78, 5) is 5.07. The van der Waals surface area contributed by atoms with Crippen LogP contribution in [-0.4, -0.2) is 45.7 Å². The van der Waals surface area contributed by atoms with Crippen LogP contribution in [0.1, 0.15) is 18.2 Å². The molecule has 4 nitrogen and oxygen atoms in total. The maximum Gasteiger partial charge on any atom is 0.0492 e. The predicted octanol–water partition coefficient (Wildman–Crippen LogP) is 2.12. The first-order chi connectivity index (χ1) is 9.81. The van der Waals surface area contributed by atoms with Crippen molar-refractivity contribution in [3.8, 4) is 0 Å². The van der Waals surface area contributed by atoms with Crippen LogP contribution in [-0.2, 0) is 13.1 Å². The SMILES string of the molecule is CC1CN(Cc2ccccc2)CCN1Cc1ccn[nH]1. The molecular formula is C16H22N4. The van der Waals surface area contributed by atoms with Crippen LogP contribution in [0.3, 0.4) is 0 Å². The summed E-state index contributed by atoms with van der Waals surface area (Å²) in [6, 6.07) is 13.4. The molecule has 0 radical (unpaired) electrons. The number of nitrogens with one attached hydrogen (secondary N) is 1. The van der Waals surface area contributed by atoms with Crippen LogP contribution < -0.4 is 0 Å². The molecule has 3 rings (SSSR count). The molecule has 0 amide bonds. The molecule has 1 atom stereocenters. The molecule has 0 saturated carbocycles. The van der Waals surface area contributed by atoms with E-state index >= 15 is 0 Å². The topological polar surface area (TPSA) is 35.2 Å². The van der Waals surface area contributed by atoms with Gasteiger partial charge >= 0.3 is 0 Å². The Hall–Kier alpha value is -1.65. The maximum absolute atomic E-state index is 4.02.